The summed E-state index contributed by atoms with van der Waals surface area (Å²) in [5.41, 5.74) is -0.0381. The molecule has 0 radical (unpaired) electrons. The molecule has 1 N–H and O–H groups in total. The number of nitrogens with one attached hydrogen (secondary N) is 1. The van der Waals surface area contributed by atoms with E-state index in [1.54, 1.807) is 24.3 Å². The van der Waals surface area contributed by atoms with Crippen LogP contribution in [0.1, 0.15) is 28.7 Å². The minimum atomic E-state index is -4.45. The number of carbonyl (C=O) groups is 1. The van der Waals surface area contributed by atoms with Crippen molar-refractivity contribution in [1.82, 2.24) is 25.5 Å². The van der Waals surface area contributed by atoms with E-state index in [0.717, 1.165) is 24.3 Å². The van der Waals surface area contributed by atoms with Crippen molar-refractivity contribution in [2.24, 2.45) is 0 Å². The second-order valence-corrected chi connectivity index (χ2v) is 5.69. The zero-order valence-electron chi connectivity index (χ0n) is 14.8. The largest absolute Gasteiger partial charge is 0.494 e. The lowest BCUT2D eigenvalue weighted by molar-refractivity contribution is -0.137. The molecule has 1 heterocycles. The molecule has 1 amide bonds. The van der Waals surface area contributed by atoms with Crippen LogP contribution in [-0.4, -0.2) is 32.7 Å². The molecule has 0 spiro atoms. The summed E-state index contributed by atoms with van der Waals surface area (Å²) in [5.74, 6) is 0.538. The van der Waals surface area contributed by atoms with Crippen molar-refractivity contribution in [3.63, 3.8) is 0 Å². The molecule has 3 aromatic rings. The van der Waals surface area contributed by atoms with E-state index in [1.807, 2.05) is 6.92 Å². The molecule has 146 valence electrons. The van der Waals surface area contributed by atoms with Crippen molar-refractivity contribution in [1.29, 1.82) is 0 Å². The lowest BCUT2D eigenvalue weighted by atomic mass is 10.1. The van der Waals surface area contributed by atoms with Crippen LogP contribution in [0.25, 0.3) is 5.69 Å². The van der Waals surface area contributed by atoms with Crippen LogP contribution in [0.5, 0.6) is 5.75 Å². The van der Waals surface area contributed by atoms with Gasteiger partial charge in [-0.1, -0.05) is 0 Å². The molecule has 0 aliphatic heterocycles. The Bertz CT molecular complexity index is 937. The van der Waals surface area contributed by atoms with Crippen molar-refractivity contribution < 1.29 is 22.7 Å². The van der Waals surface area contributed by atoms with E-state index >= 15 is 0 Å². The van der Waals surface area contributed by atoms with Gasteiger partial charge in [0.1, 0.15) is 5.75 Å². The van der Waals surface area contributed by atoms with Crippen molar-refractivity contribution in [2.45, 2.75) is 19.6 Å². The summed E-state index contributed by atoms with van der Waals surface area (Å²) in [7, 11) is 0. The minimum absolute atomic E-state index is 0.0000665. The molecule has 0 unspecified atom stereocenters. The summed E-state index contributed by atoms with van der Waals surface area (Å²) < 4.78 is 44.6. The van der Waals surface area contributed by atoms with Gasteiger partial charge in [0.15, 0.2) is 5.82 Å². The number of amides is 1. The van der Waals surface area contributed by atoms with E-state index in [0.29, 0.717) is 23.9 Å². The second kappa shape index (κ2) is 8.07. The van der Waals surface area contributed by atoms with Crippen LogP contribution in [0, 0.1) is 0 Å². The maximum absolute atomic E-state index is 12.6. The Morgan fingerprint density at radius 3 is 2.39 bits per heavy atom. The average Bonchev–Trinajstić information content (AvgIpc) is 3.15. The average molecular weight is 391 g/mol. The third kappa shape index (κ3) is 4.45. The molecule has 3 rings (SSSR count). The van der Waals surface area contributed by atoms with Crippen LogP contribution < -0.4 is 10.1 Å². The van der Waals surface area contributed by atoms with Crippen LogP contribution in [0.15, 0.2) is 48.5 Å². The molecule has 1 aromatic heterocycles. The fourth-order valence-electron chi connectivity index (χ4n) is 2.44. The lowest BCUT2D eigenvalue weighted by Crippen LogP contribution is -2.24. The highest BCUT2D eigenvalue weighted by molar-refractivity contribution is 5.94. The molecule has 0 fully saturated rings. The molecule has 7 nitrogen and oxygen atoms in total. The topological polar surface area (TPSA) is 81.9 Å². The fraction of sp³-hybridized carbons (Fsp3) is 0.222. The number of ether oxygens (including phenoxy) is 1. The van der Waals surface area contributed by atoms with Gasteiger partial charge in [0.05, 0.1) is 24.4 Å². The van der Waals surface area contributed by atoms with Gasteiger partial charge in [-0.25, -0.2) is 0 Å². The van der Waals surface area contributed by atoms with Gasteiger partial charge in [-0.05, 0) is 65.9 Å². The highest BCUT2D eigenvalue weighted by Gasteiger charge is 2.30. The van der Waals surface area contributed by atoms with Crippen LogP contribution in [0.4, 0.5) is 13.2 Å². The fourth-order valence-corrected chi connectivity index (χ4v) is 2.44. The van der Waals surface area contributed by atoms with Gasteiger partial charge in [-0.3, -0.25) is 4.79 Å². The molecule has 0 saturated heterocycles. The number of rotatable bonds is 6. The number of hydrogen-bond donors (Lipinski definition) is 1. The Labute approximate surface area is 158 Å². The second-order valence-electron chi connectivity index (χ2n) is 5.69. The zero-order valence-corrected chi connectivity index (χ0v) is 14.8. The summed E-state index contributed by atoms with van der Waals surface area (Å²) in [6, 6.07) is 11.0. The van der Waals surface area contributed by atoms with E-state index in [1.165, 1.54) is 4.68 Å². The minimum Gasteiger partial charge on any atom is -0.494 e. The van der Waals surface area contributed by atoms with E-state index in [9.17, 15) is 18.0 Å². The van der Waals surface area contributed by atoms with Crippen LogP contribution in [0.3, 0.4) is 0 Å². The van der Waals surface area contributed by atoms with E-state index < -0.39 is 17.6 Å². The number of alkyl halides is 3. The molecule has 28 heavy (non-hydrogen) atoms. The zero-order chi connectivity index (χ0) is 20.1. The van der Waals surface area contributed by atoms with E-state index in [2.05, 4.69) is 20.8 Å². The lowest BCUT2D eigenvalue weighted by Gasteiger charge is -2.09. The summed E-state index contributed by atoms with van der Waals surface area (Å²) in [6.45, 7) is 2.43. The van der Waals surface area contributed by atoms with Crippen molar-refractivity contribution >= 4 is 5.91 Å². The first-order valence-electron chi connectivity index (χ1n) is 8.34. The molecule has 2 aromatic carbocycles. The molecule has 0 aliphatic rings. The number of halogens is 3. The number of tetrazole rings is 1. The number of aromatic nitrogens is 4. The van der Waals surface area contributed by atoms with Gasteiger partial charge >= 0.3 is 6.18 Å². The molecule has 0 saturated carbocycles. The van der Waals surface area contributed by atoms with Gasteiger partial charge in [0.25, 0.3) is 5.91 Å². The summed E-state index contributed by atoms with van der Waals surface area (Å²) >= 11 is 0. The highest BCUT2D eigenvalue weighted by Crippen LogP contribution is 2.29. The quantitative estimate of drug-likeness (QED) is 0.699. The maximum Gasteiger partial charge on any atom is 0.416 e. The number of benzene rings is 2. The van der Waals surface area contributed by atoms with Gasteiger partial charge in [0.2, 0.25) is 0 Å². The van der Waals surface area contributed by atoms with Crippen LogP contribution in [0.2, 0.25) is 0 Å². The Morgan fingerprint density at radius 1 is 1.11 bits per heavy atom. The van der Waals surface area contributed by atoms with Gasteiger partial charge in [-0.2, -0.15) is 17.9 Å². The van der Waals surface area contributed by atoms with Crippen molar-refractivity contribution in [3.05, 3.63) is 65.5 Å². The Hall–Kier alpha value is -3.43. The number of carbonyl (C=O) groups excluding carboxylic acids is 1. The number of nitrogens with zero attached hydrogens (tertiary/aromatic N) is 4. The van der Waals surface area contributed by atoms with Gasteiger partial charge in [-0.15, -0.1) is 5.10 Å². The predicted octanol–water partition coefficient (Wildman–Crippen LogP) is 3.01. The third-order valence-corrected chi connectivity index (χ3v) is 3.81. The molecular formula is C18H16F3N5O2. The van der Waals surface area contributed by atoms with Gasteiger partial charge in [0, 0.05) is 5.56 Å². The monoisotopic (exact) mass is 391 g/mol. The van der Waals surface area contributed by atoms with Crippen LogP contribution >= 0.6 is 0 Å². The summed E-state index contributed by atoms with van der Waals surface area (Å²) in [6.07, 6.45) is -4.45. The molecule has 0 atom stereocenters. The smallest absolute Gasteiger partial charge is 0.416 e. The Kier molecular flexibility index (Phi) is 5.57. The first-order valence-corrected chi connectivity index (χ1v) is 8.34. The third-order valence-electron chi connectivity index (χ3n) is 3.81. The molecule has 0 bridgehead atoms. The standard InChI is InChI=1S/C18H16F3N5O2/c1-2-28-15-9-7-14(8-10-15)26-16(23-24-25-26)11-22-17(27)12-3-5-13(6-4-12)18(19,20)21/h3-10H,2,11H2,1H3,(H,22,27). The van der Waals surface area contributed by atoms with E-state index in [-0.39, 0.29) is 12.1 Å². The Balaban J connectivity index is 1.67. The first kappa shape index (κ1) is 19.3. The first-order chi connectivity index (χ1) is 13.4. The maximum atomic E-state index is 12.6. The number of hydrogen-bond acceptors (Lipinski definition) is 5. The molecule has 0 aliphatic carbocycles. The predicted molar refractivity (Wildman–Crippen MR) is 92.9 cm³/mol. The molecular weight excluding hydrogens is 375 g/mol. The van der Waals surface area contributed by atoms with Crippen molar-refractivity contribution in [3.8, 4) is 11.4 Å². The van der Waals surface area contributed by atoms with Gasteiger partial charge < -0.3 is 10.1 Å². The van der Waals surface area contributed by atoms with Crippen LogP contribution in [-0.2, 0) is 12.7 Å². The van der Waals surface area contributed by atoms with Crippen molar-refractivity contribution in [2.75, 3.05) is 6.61 Å². The SMILES string of the molecule is CCOc1ccc(-n2nnnc2CNC(=O)c2ccc(C(F)(F)F)cc2)cc1. The molecule has 10 heteroatoms. The summed E-state index contributed by atoms with van der Waals surface area (Å²) in [4.78, 5) is 12.2. The highest BCUT2D eigenvalue weighted by atomic mass is 19.4. The normalized spacial score (nSPS) is 11.3. The van der Waals surface area contributed by atoms with E-state index in [4.69, 9.17) is 4.74 Å². The summed E-state index contributed by atoms with van der Waals surface area (Å²) in [5, 5.41) is 14.0. The Morgan fingerprint density at radius 2 is 1.79 bits per heavy atom.